The molecule has 18 heavy (non-hydrogen) atoms. The number of aromatic nitrogens is 2. The van der Waals surface area contributed by atoms with Crippen LogP contribution in [0.4, 0.5) is 5.69 Å². The summed E-state index contributed by atoms with van der Waals surface area (Å²) in [6.45, 7) is 0. The van der Waals surface area contributed by atoms with Crippen molar-refractivity contribution in [3.05, 3.63) is 42.5 Å². The van der Waals surface area contributed by atoms with E-state index in [0.29, 0.717) is 5.82 Å². The van der Waals surface area contributed by atoms with E-state index in [9.17, 15) is 4.79 Å². The minimum absolute atomic E-state index is 0.146. The van der Waals surface area contributed by atoms with E-state index in [2.05, 4.69) is 4.98 Å². The van der Waals surface area contributed by atoms with Crippen LogP contribution in [0.1, 0.15) is 10.6 Å². The summed E-state index contributed by atoms with van der Waals surface area (Å²) in [5, 5.41) is 0. The average Bonchev–Trinajstić information content (AvgIpc) is 2.83. The highest BCUT2D eigenvalue weighted by molar-refractivity contribution is 6.03. The maximum Gasteiger partial charge on any atom is 0.293 e. The first-order valence-corrected chi connectivity index (χ1v) is 5.53. The Kier molecular flexibility index (Phi) is 3.32. The third kappa shape index (κ3) is 2.20. The van der Waals surface area contributed by atoms with Gasteiger partial charge in [-0.1, -0.05) is 0 Å². The van der Waals surface area contributed by atoms with Gasteiger partial charge in [0.2, 0.25) is 0 Å². The predicted octanol–water partition coefficient (Wildman–Crippen LogP) is 1.71. The Bertz CT molecular complexity index is 546. The number of hydrogen-bond acceptors (Lipinski definition) is 3. The van der Waals surface area contributed by atoms with Gasteiger partial charge in [-0.3, -0.25) is 4.79 Å². The molecule has 5 nitrogen and oxygen atoms in total. The van der Waals surface area contributed by atoms with Gasteiger partial charge in [0.25, 0.3) is 5.91 Å². The van der Waals surface area contributed by atoms with Crippen LogP contribution < -0.4 is 9.64 Å². The fraction of sp³-hybridized carbons (Fsp3) is 0.231. The number of carbonyl (C=O) groups is 1. The molecule has 2 aromatic rings. The van der Waals surface area contributed by atoms with E-state index < -0.39 is 0 Å². The largest absolute Gasteiger partial charge is 0.497 e. The van der Waals surface area contributed by atoms with E-state index in [1.54, 1.807) is 43.1 Å². The van der Waals surface area contributed by atoms with Crippen LogP contribution in [-0.2, 0) is 7.05 Å². The number of anilines is 1. The molecule has 94 valence electrons. The van der Waals surface area contributed by atoms with Gasteiger partial charge in [0, 0.05) is 32.2 Å². The number of benzene rings is 1. The molecule has 5 heteroatoms. The van der Waals surface area contributed by atoms with Gasteiger partial charge < -0.3 is 14.2 Å². The number of hydrogen-bond donors (Lipinski definition) is 0. The fourth-order valence-electron chi connectivity index (χ4n) is 1.64. The lowest BCUT2D eigenvalue weighted by Crippen LogP contribution is -2.28. The number of methoxy groups -OCH3 is 1. The van der Waals surface area contributed by atoms with Gasteiger partial charge in [0.15, 0.2) is 5.82 Å². The van der Waals surface area contributed by atoms with Crippen molar-refractivity contribution in [1.29, 1.82) is 0 Å². The molecular formula is C13H15N3O2. The van der Waals surface area contributed by atoms with Gasteiger partial charge in [0.1, 0.15) is 5.75 Å². The van der Waals surface area contributed by atoms with E-state index in [0.717, 1.165) is 11.4 Å². The minimum Gasteiger partial charge on any atom is -0.497 e. The zero-order valence-corrected chi connectivity index (χ0v) is 10.6. The summed E-state index contributed by atoms with van der Waals surface area (Å²) < 4.78 is 6.78. The summed E-state index contributed by atoms with van der Waals surface area (Å²) in [7, 11) is 5.12. The van der Waals surface area contributed by atoms with Gasteiger partial charge in [-0.25, -0.2) is 4.98 Å². The van der Waals surface area contributed by atoms with Crippen LogP contribution in [0.2, 0.25) is 0 Å². The Morgan fingerprint density at radius 1 is 1.33 bits per heavy atom. The Morgan fingerprint density at radius 2 is 2.00 bits per heavy atom. The minimum atomic E-state index is -0.146. The Hall–Kier alpha value is -2.30. The molecule has 0 saturated heterocycles. The van der Waals surface area contributed by atoms with E-state index in [1.807, 2.05) is 24.3 Å². The van der Waals surface area contributed by atoms with Crippen molar-refractivity contribution < 1.29 is 9.53 Å². The molecule has 0 aliphatic carbocycles. The molecule has 1 aromatic heterocycles. The molecule has 0 radical (unpaired) electrons. The second-order valence-corrected chi connectivity index (χ2v) is 3.92. The molecule has 2 rings (SSSR count). The summed E-state index contributed by atoms with van der Waals surface area (Å²) >= 11 is 0. The topological polar surface area (TPSA) is 47.4 Å². The maximum absolute atomic E-state index is 12.2. The lowest BCUT2D eigenvalue weighted by molar-refractivity contribution is 0.0980. The Balaban J connectivity index is 2.23. The Labute approximate surface area is 106 Å². The van der Waals surface area contributed by atoms with E-state index in [-0.39, 0.29) is 5.91 Å². The quantitative estimate of drug-likeness (QED) is 0.827. The lowest BCUT2D eigenvalue weighted by Gasteiger charge is -2.17. The van der Waals surface area contributed by atoms with Crippen molar-refractivity contribution in [1.82, 2.24) is 9.55 Å². The van der Waals surface area contributed by atoms with Gasteiger partial charge in [-0.15, -0.1) is 0 Å². The first-order chi connectivity index (χ1) is 8.63. The second kappa shape index (κ2) is 4.91. The first kappa shape index (κ1) is 12.2. The molecule has 0 atom stereocenters. The van der Waals surface area contributed by atoms with Crippen molar-refractivity contribution >= 4 is 11.6 Å². The van der Waals surface area contributed by atoms with Crippen LogP contribution >= 0.6 is 0 Å². The lowest BCUT2D eigenvalue weighted by atomic mass is 10.2. The van der Waals surface area contributed by atoms with Crippen LogP contribution in [0.5, 0.6) is 5.75 Å². The summed E-state index contributed by atoms with van der Waals surface area (Å²) in [5.41, 5.74) is 0.795. The molecule has 0 unspecified atom stereocenters. The zero-order chi connectivity index (χ0) is 13.1. The molecule has 1 amide bonds. The van der Waals surface area contributed by atoms with Gasteiger partial charge in [0.05, 0.1) is 7.11 Å². The zero-order valence-electron chi connectivity index (χ0n) is 10.6. The fourth-order valence-corrected chi connectivity index (χ4v) is 1.64. The average molecular weight is 245 g/mol. The number of nitrogens with zero attached hydrogens (tertiary/aromatic N) is 3. The van der Waals surface area contributed by atoms with Crippen molar-refractivity contribution in [3.63, 3.8) is 0 Å². The van der Waals surface area contributed by atoms with Gasteiger partial charge >= 0.3 is 0 Å². The molecule has 0 N–H and O–H groups in total. The van der Waals surface area contributed by atoms with Crippen LogP contribution in [0.15, 0.2) is 36.7 Å². The molecule has 0 bridgehead atoms. The molecule has 0 aliphatic rings. The van der Waals surface area contributed by atoms with Crippen molar-refractivity contribution in [2.75, 3.05) is 19.1 Å². The third-order valence-corrected chi connectivity index (χ3v) is 2.78. The maximum atomic E-state index is 12.2. The summed E-state index contributed by atoms with van der Waals surface area (Å²) in [6.07, 6.45) is 3.35. The number of amides is 1. The van der Waals surface area contributed by atoms with Gasteiger partial charge in [-0.2, -0.15) is 0 Å². The third-order valence-electron chi connectivity index (χ3n) is 2.78. The molecule has 1 aromatic carbocycles. The van der Waals surface area contributed by atoms with Crippen LogP contribution in [0.25, 0.3) is 0 Å². The van der Waals surface area contributed by atoms with Crippen molar-refractivity contribution in [2.24, 2.45) is 7.05 Å². The molecule has 1 heterocycles. The number of aryl methyl sites for hydroxylation is 1. The van der Waals surface area contributed by atoms with Crippen molar-refractivity contribution in [3.8, 4) is 5.75 Å². The molecule has 0 saturated carbocycles. The SMILES string of the molecule is COc1ccc(N(C)C(=O)c2nccn2C)cc1. The van der Waals surface area contributed by atoms with Crippen LogP contribution in [0.3, 0.4) is 0 Å². The summed E-state index contributed by atoms with van der Waals surface area (Å²) in [4.78, 5) is 17.8. The summed E-state index contributed by atoms with van der Waals surface area (Å²) in [6, 6.07) is 7.30. The molecule has 0 fully saturated rings. The molecular weight excluding hydrogens is 230 g/mol. The molecule has 0 aliphatic heterocycles. The van der Waals surface area contributed by atoms with Crippen LogP contribution in [-0.4, -0.2) is 29.6 Å². The predicted molar refractivity (Wildman–Crippen MR) is 68.9 cm³/mol. The monoisotopic (exact) mass is 245 g/mol. The van der Waals surface area contributed by atoms with Gasteiger partial charge in [-0.05, 0) is 24.3 Å². The van der Waals surface area contributed by atoms with E-state index in [4.69, 9.17) is 4.74 Å². The van der Waals surface area contributed by atoms with E-state index >= 15 is 0 Å². The summed E-state index contributed by atoms with van der Waals surface area (Å²) in [5.74, 6) is 1.03. The highest BCUT2D eigenvalue weighted by Crippen LogP contribution is 2.19. The van der Waals surface area contributed by atoms with Crippen LogP contribution in [0, 0.1) is 0 Å². The number of ether oxygens (including phenoxy) is 1. The highest BCUT2D eigenvalue weighted by atomic mass is 16.5. The smallest absolute Gasteiger partial charge is 0.293 e. The molecule has 0 spiro atoms. The highest BCUT2D eigenvalue weighted by Gasteiger charge is 2.17. The first-order valence-electron chi connectivity index (χ1n) is 5.53. The Morgan fingerprint density at radius 3 is 2.50 bits per heavy atom. The second-order valence-electron chi connectivity index (χ2n) is 3.92. The normalized spacial score (nSPS) is 10.2. The standard InChI is InChI=1S/C13H15N3O2/c1-15-9-8-14-12(15)13(17)16(2)10-4-6-11(18-3)7-5-10/h4-9H,1-3H3. The van der Waals surface area contributed by atoms with E-state index in [1.165, 1.54) is 0 Å². The number of imidazole rings is 1. The number of rotatable bonds is 3. The number of carbonyl (C=O) groups excluding carboxylic acids is 1. The van der Waals surface area contributed by atoms with Crippen molar-refractivity contribution in [2.45, 2.75) is 0 Å².